The van der Waals surface area contributed by atoms with Gasteiger partial charge in [0.25, 0.3) is 0 Å². The zero-order valence-electron chi connectivity index (χ0n) is 22.7. The molecule has 0 atom stereocenters. The Hall–Kier alpha value is -2.33. The van der Waals surface area contributed by atoms with Gasteiger partial charge in [-0.3, -0.25) is 9.36 Å². The van der Waals surface area contributed by atoms with Crippen molar-refractivity contribution in [3.8, 4) is 5.75 Å². The topological polar surface area (TPSA) is 34.5 Å². The number of carbonyl (C=O) groups excluding carboxylic acids is 1. The van der Waals surface area contributed by atoms with Crippen LogP contribution in [0.25, 0.3) is 10.9 Å². The number of fused-ring (bicyclic) bond motifs is 1. The Bertz CT molecular complexity index is 923. The third-order valence-corrected chi connectivity index (χ3v) is 6.53. The maximum Gasteiger partial charge on any atom is 0.231 e. The molecule has 0 spiro atoms. The number of hydrogen-bond acceptors (Lipinski definition) is 3. The summed E-state index contributed by atoms with van der Waals surface area (Å²) in [6, 6.07) is 6.02. The Kier molecular flexibility index (Phi) is 14.2. The fourth-order valence-electron chi connectivity index (χ4n) is 4.36. The van der Waals surface area contributed by atoms with Gasteiger partial charge in [0, 0.05) is 24.5 Å². The highest BCUT2D eigenvalue weighted by Crippen LogP contribution is 2.27. The molecule has 0 aliphatic heterocycles. The Morgan fingerprint density at radius 1 is 0.943 bits per heavy atom. The SMILES string of the molecule is CCCCC/C=C\C/C=C\CCCCCCCC(=O)n1cc(CCN(C)C)c2cc(OC)ccc21. The van der Waals surface area contributed by atoms with Crippen molar-refractivity contribution >= 4 is 16.8 Å². The van der Waals surface area contributed by atoms with Crippen molar-refractivity contribution in [2.45, 2.75) is 90.4 Å². The molecule has 35 heavy (non-hydrogen) atoms. The van der Waals surface area contributed by atoms with Crippen LogP contribution in [0.2, 0.25) is 0 Å². The van der Waals surface area contributed by atoms with Crippen LogP contribution in [0.4, 0.5) is 0 Å². The Morgan fingerprint density at radius 3 is 2.31 bits per heavy atom. The highest BCUT2D eigenvalue weighted by Gasteiger charge is 2.14. The smallest absolute Gasteiger partial charge is 0.231 e. The number of nitrogens with zero attached hydrogens (tertiary/aromatic N) is 2. The van der Waals surface area contributed by atoms with Gasteiger partial charge in [-0.25, -0.2) is 0 Å². The Morgan fingerprint density at radius 2 is 1.63 bits per heavy atom. The molecule has 2 rings (SSSR count). The van der Waals surface area contributed by atoms with Crippen molar-refractivity contribution in [3.63, 3.8) is 0 Å². The van der Waals surface area contributed by atoms with E-state index in [1.54, 1.807) is 7.11 Å². The first-order valence-corrected chi connectivity index (χ1v) is 13.7. The molecule has 0 saturated carbocycles. The molecule has 0 unspecified atom stereocenters. The normalized spacial score (nSPS) is 12.0. The van der Waals surface area contributed by atoms with E-state index < -0.39 is 0 Å². The average Bonchev–Trinajstić information content (AvgIpc) is 3.22. The predicted molar refractivity (Wildman–Crippen MR) is 151 cm³/mol. The highest BCUT2D eigenvalue weighted by molar-refractivity contribution is 5.95. The number of unbranched alkanes of at least 4 members (excludes halogenated alkanes) is 8. The van der Waals surface area contributed by atoms with Crippen LogP contribution in [0.1, 0.15) is 94.3 Å². The van der Waals surface area contributed by atoms with Crippen molar-refractivity contribution in [1.29, 1.82) is 0 Å². The van der Waals surface area contributed by atoms with Gasteiger partial charge < -0.3 is 9.64 Å². The van der Waals surface area contributed by atoms with Crippen LogP contribution in [0.5, 0.6) is 5.75 Å². The van der Waals surface area contributed by atoms with E-state index >= 15 is 0 Å². The van der Waals surface area contributed by atoms with Crippen LogP contribution < -0.4 is 4.74 Å². The van der Waals surface area contributed by atoms with Crippen molar-refractivity contribution in [2.24, 2.45) is 0 Å². The van der Waals surface area contributed by atoms with Crippen LogP contribution in [0.15, 0.2) is 48.7 Å². The van der Waals surface area contributed by atoms with E-state index in [1.807, 2.05) is 22.9 Å². The number of allylic oxidation sites excluding steroid dienone is 4. The van der Waals surface area contributed by atoms with E-state index in [1.165, 1.54) is 50.5 Å². The summed E-state index contributed by atoms with van der Waals surface area (Å²) in [6.45, 7) is 3.20. The molecule has 0 aliphatic rings. The van der Waals surface area contributed by atoms with Gasteiger partial charge in [0.05, 0.1) is 12.6 Å². The maximum atomic E-state index is 13.0. The first kappa shape index (κ1) is 28.9. The highest BCUT2D eigenvalue weighted by atomic mass is 16.5. The van der Waals surface area contributed by atoms with Gasteiger partial charge in [0.15, 0.2) is 0 Å². The second kappa shape index (κ2) is 17.2. The molecule has 1 heterocycles. The minimum atomic E-state index is 0.196. The number of methoxy groups -OCH3 is 1. The maximum absolute atomic E-state index is 13.0. The molecule has 0 aliphatic carbocycles. The molecule has 0 amide bonds. The van der Waals surface area contributed by atoms with Crippen LogP contribution in [0, 0.1) is 0 Å². The minimum Gasteiger partial charge on any atom is -0.497 e. The van der Waals surface area contributed by atoms with E-state index in [0.717, 1.165) is 55.3 Å². The molecule has 0 radical (unpaired) electrons. The van der Waals surface area contributed by atoms with Crippen LogP contribution in [-0.4, -0.2) is 43.1 Å². The quantitative estimate of drug-likeness (QED) is 0.159. The summed E-state index contributed by atoms with van der Waals surface area (Å²) in [5.74, 6) is 1.03. The van der Waals surface area contributed by atoms with Gasteiger partial charge in [-0.1, -0.05) is 63.3 Å². The minimum absolute atomic E-state index is 0.196. The van der Waals surface area contributed by atoms with Gasteiger partial charge in [-0.2, -0.15) is 0 Å². The first-order valence-electron chi connectivity index (χ1n) is 13.7. The summed E-state index contributed by atoms with van der Waals surface area (Å²) in [5.41, 5.74) is 2.20. The number of rotatable bonds is 18. The molecule has 0 saturated heterocycles. The fourth-order valence-corrected chi connectivity index (χ4v) is 4.36. The number of ether oxygens (including phenoxy) is 1. The molecule has 4 heteroatoms. The molecule has 0 fully saturated rings. The van der Waals surface area contributed by atoms with Gasteiger partial charge >= 0.3 is 0 Å². The Labute approximate surface area is 214 Å². The second-order valence-electron chi connectivity index (χ2n) is 9.84. The molecule has 0 bridgehead atoms. The summed E-state index contributed by atoms with van der Waals surface area (Å²) in [5, 5.41) is 1.12. The number of likely N-dealkylation sites (N-methyl/N-ethyl adjacent to an activating group) is 1. The van der Waals surface area contributed by atoms with E-state index in [-0.39, 0.29) is 5.91 Å². The van der Waals surface area contributed by atoms with E-state index in [0.29, 0.717) is 6.42 Å². The lowest BCUT2D eigenvalue weighted by molar-refractivity contribution is 0.0904. The number of hydrogen-bond donors (Lipinski definition) is 0. The Balaban J connectivity index is 1.69. The number of aromatic nitrogens is 1. The molecule has 4 nitrogen and oxygen atoms in total. The lowest BCUT2D eigenvalue weighted by Gasteiger charge is -2.08. The molecular formula is C31H48N2O2. The van der Waals surface area contributed by atoms with Crippen LogP contribution in [-0.2, 0) is 6.42 Å². The number of carbonyl (C=O) groups is 1. The molecule has 2 aromatic rings. The van der Waals surface area contributed by atoms with Crippen molar-refractivity contribution in [2.75, 3.05) is 27.7 Å². The molecule has 194 valence electrons. The van der Waals surface area contributed by atoms with E-state index in [4.69, 9.17) is 4.74 Å². The first-order chi connectivity index (χ1) is 17.1. The molecular weight excluding hydrogens is 432 g/mol. The monoisotopic (exact) mass is 480 g/mol. The molecule has 1 aromatic carbocycles. The predicted octanol–water partition coefficient (Wildman–Crippen LogP) is 8.21. The third kappa shape index (κ3) is 10.9. The zero-order valence-corrected chi connectivity index (χ0v) is 22.7. The summed E-state index contributed by atoms with van der Waals surface area (Å²) in [7, 11) is 5.84. The summed E-state index contributed by atoms with van der Waals surface area (Å²) < 4.78 is 7.29. The van der Waals surface area contributed by atoms with Crippen molar-refractivity contribution in [1.82, 2.24) is 9.47 Å². The lowest BCUT2D eigenvalue weighted by atomic mass is 10.1. The molecule has 1 aromatic heterocycles. The third-order valence-electron chi connectivity index (χ3n) is 6.53. The average molecular weight is 481 g/mol. The van der Waals surface area contributed by atoms with Crippen molar-refractivity contribution in [3.05, 3.63) is 54.3 Å². The number of benzene rings is 1. The van der Waals surface area contributed by atoms with Crippen molar-refractivity contribution < 1.29 is 9.53 Å². The lowest BCUT2D eigenvalue weighted by Crippen LogP contribution is -2.15. The van der Waals surface area contributed by atoms with Crippen LogP contribution in [0.3, 0.4) is 0 Å². The van der Waals surface area contributed by atoms with Gasteiger partial charge in [-0.05, 0) is 82.8 Å². The zero-order chi connectivity index (χ0) is 25.3. The van der Waals surface area contributed by atoms with Gasteiger partial charge in [0.1, 0.15) is 5.75 Å². The second-order valence-corrected chi connectivity index (χ2v) is 9.84. The largest absolute Gasteiger partial charge is 0.497 e. The van der Waals surface area contributed by atoms with Gasteiger partial charge in [-0.15, -0.1) is 0 Å². The van der Waals surface area contributed by atoms with E-state index in [9.17, 15) is 4.79 Å². The van der Waals surface area contributed by atoms with Gasteiger partial charge in [0.2, 0.25) is 5.91 Å². The summed E-state index contributed by atoms with van der Waals surface area (Å²) in [6.07, 6.45) is 25.9. The summed E-state index contributed by atoms with van der Waals surface area (Å²) in [4.78, 5) is 15.2. The van der Waals surface area contributed by atoms with E-state index in [2.05, 4.69) is 56.3 Å². The summed E-state index contributed by atoms with van der Waals surface area (Å²) >= 11 is 0. The van der Waals surface area contributed by atoms with Crippen LogP contribution >= 0.6 is 0 Å². The molecule has 0 N–H and O–H groups in total. The standard InChI is InChI=1S/C31H48N2O2/c1-5-6-7-8-9-10-11-12-13-14-15-16-17-18-19-20-31(34)33-26-27(23-24-32(2)3)29-25-28(35-4)21-22-30(29)33/h9-10,12-13,21-22,25-26H,5-8,11,14-20,23-24H2,1-4H3/b10-9-,13-12-. The fraction of sp³-hybridized carbons (Fsp3) is 0.581.